The molecule has 120 valence electrons. The first-order valence-electron chi connectivity index (χ1n) is 8.04. The summed E-state index contributed by atoms with van der Waals surface area (Å²) in [6.45, 7) is 2.82. The molecule has 3 nitrogen and oxygen atoms in total. The Hall–Kier alpha value is -1.95. The lowest BCUT2D eigenvalue weighted by atomic mass is 10.1. The van der Waals surface area contributed by atoms with Crippen molar-refractivity contribution < 1.29 is 14.3 Å². The number of rotatable bonds is 9. The fourth-order valence-electron chi connectivity index (χ4n) is 2.00. The fraction of sp³-hybridized carbons (Fsp3) is 0.526. The Bertz CT molecular complexity index is 497. The van der Waals surface area contributed by atoms with E-state index >= 15 is 0 Å². The maximum absolute atomic E-state index is 11.4. The number of hydrogen-bond acceptors (Lipinski definition) is 3. The lowest BCUT2D eigenvalue weighted by Gasteiger charge is -2.06. The molecule has 1 aromatic rings. The van der Waals surface area contributed by atoms with Crippen LogP contribution < -0.4 is 4.74 Å². The van der Waals surface area contributed by atoms with Crippen molar-refractivity contribution in [3.8, 4) is 17.6 Å². The summed E-state index contributed by atoms with van der Waals surface area (Å²) in [5, 5.41) is 0. The molecule has 1 rings (SSSR count). The minimum atomic E-state index is -0.348. The summed E-state index contributed by atoms with van der Waals surface area (Å²) in [4.78, 5) is 11.4. The highest BCUT2D eigenvalue weighted by Crippen LogP contribution is 2.14. The van der Waals surface area contributed by atoms with Crippen LogP contribution in [0.3, 0.4) is 0 Å². The summed E-state index contributed by atoms with van der Waals surface area (Å²) in [7, 11) is 1.37. The maximum atomic E-state index is 11.4. The van der Waals surface area contributed by atoms with Crippen LogP contribution in [0.5, 0.6) is 5.75 Å². The third-order valence-corrected chi connectivity index (χ3v) is 3.25. The van der Waals surface area contributed by atoms with E-state index in [9.17, 15) is 4.79 Å². The molecule has 0 aliphatic rings. The molecule has 0 N–H and O–H groups in total. The smallest absolute Gasteiger partial charge is 0.337 e. The van der Waals surface area contributed by atoms with Gasteiger partial charge in [0.25, 0.3) is 0 Å². The van der Waals surface area contributed by atoms with Gasteiger partial charge in [-0.05, 0) is 31.0 Å². The molecule has 0 aliphatic heterocycles. The Labute approximate surface area is 134 Å². The Balaban J connectivity index is 2.17. The Morgan fingerprint density at radius 2 is 1.86 bits per heavy atom. The average molecular weight is 302 g/mol. The molecule has 0 atom stereocenters. The first-order chi connectivity index (χ1) is 10.8. The first kappa shape index (κ1) is 18.1. The third kappa shape index (κ3) is 7.73. The van der Waals surface area contributed by atoms with E-state index < -0.39 is 0 Å². The highest BCUT2D eigenvalue weighted by atomic mass is 16.5. The maximum Gasteiger partial charge on any atom is 0.337 e. The molecule has 0 heterocycles. The molecule has 0 amide bonds. The van der Waals surface area contributed by atoms with Crippen LogP contribution >= 0.6 is 0 Å². The molecular formula is C19H26O3. The Kier molecular flexibility index (Phi) is 9.61. The van der Waals surface area contributed by atoms with Gasteiger partial charge in [-0.3, -0.25) is 0 Å². The van der Waals surface area contributed by atoms with Crippen molar-refractivity contribution in [2.24, 2.45) is 0 Å². The lowest BCUT2D eigenvalue weighted by molar-refractivity contribution is 0.0600. The topological polar surface area (TPSA) is 35.5 Å². The van der Waals surface area contributed by atoms with Gasteiger partial charge in [-0.1, -0.05) is 32.3 Å². The molecule has 1 aromatic carbocycles. The molecule has 3 heteroatoms. The molecule has 0 aliphatic carbocycles. The van der Waals surface area contributed by atoms with Crippen LogP contribution in [0.15, 0.2) is 24.3 Å². The molecule has 0 saturated heterocycles. The second-order valence-corrected chi connectivity index (χ2v) is 5.14. The number of carbonyl (C=O) groups excluding carboxylic acids is 1. The SMILES string of the molecule is CCCCCCC#CCCCOc1cccc(C(=O)OC)c1. The monoisotopic (exact) mass is 302 g/mol. The van der Waals surface area contributed by atoms with E-state index in [2.05, 4.69) is 23.5 Å². The van der Waals surface area contributed by atoms with E-state index in [1.54, 1.807) is 18.2 Å². The van der Waals surface area contributed by atoms with Gasteiger partial charge in [-0.15, -0.1) is 11.8 Å². The van der Waals surface area contributed by atoms with Crippen LogP contribution in [0.25, 0.3) is 0 Å². The molecule has 0 saturated carbocycles. The van der Waals surface area contributed by atoms with E-state index in [0.29, 0.717) is 17.9 Å². The van der Waals surface area contributed by atoms with Gasteiger partial charge < -0.3 is 9.47 Å². The summed E-state index contributed by atoms with van der Waals surface area (Å²) in [5.41, 5.74) is 0.506. The van der Waals surface area contributed by atoms with Gasteiger partial charge in [-0.25, -0.2) is 4.79 Å². The van der Waals surface area contributed by atoms with Crippen LogP contribution in [0.1, 0.15) is 62.2 Å². The minimum Gasteiger partial charge on any atom is -0.494 e. The highest BCUT2D eigenvalue weighted by Gasteiger charge is 2.05. The van der Waals surface area contributed by atoms with Crippen LogP contribution in [-0.2, 0) is 4.74 Å². The van der Waals surface area contributed by atoms with E-state index in [4.69, 9.17) is 4.74 Å². The molecule has 0 radical (unpaired) electrons. The number of unbranched alkanes of at least 4 members (excludes halogenated alkanes) is 5. The van der Waals surface area contributed by atoms with Gasteiger partial charge in [0.2, 0.25) is 0 Å². The van der Waals surface area contributed by atoms with Gasteiger partial charge in [0, 0.05) is 12.8 Å². The summed E-state index contributed by atoms with van der Waals surface area (Å²) in [6.07, 6.45) is 7.81. The fourth-order valence-corrected chi connectivity index (χ4v) is 2.00. The molecule has 0 aromatic heterocycles. The van der Waals surface area contributed by atoms with Crippen molar-refractivity contribution in [1.29, 1.82) is 0 Å². The van der Waals surface area contributed by atoms with Crippen molar-refractivity contribution in [1.82, 2.24) is 0 Å². The summed E-state index contributed by atoms with van der Waals surface area (Å²) in [6, 6.07) is 7.04. The molecule has 22 heavy (non-hydrogen) atoms. The van der Waals surface area contributed by atoms with Crippen molar-refractivity contribution in [2.45, 2.75) is 51.9 Å². The number of hydrogen-bond donors (Lipinski definition) is 0. The number of methoxy groups -OCH3 is 1. The summed E-state index contributed by atoms with van der Waals surface area (Å²) >= 11 is 0. The first-order valence-corrected chi connectivity index (χ1v) is 8.04. The van der Waals surface area contributed by atoms with Crippen LogP contribution in [0.2, 0.25) is 0 Å². The van der Waals surface area contributed by atoms with Crippen LogP contribution in [0.4, 0.5) is 0 Å². The van der Waals surface area contributed by atoms with Crippen LogP contribution in [-0.4, -0.2) is 19.7 Å². The quantitative estimate of drug-likeness (QED) is 0.380. The van der Waals surface area contributed by atoms with E-state index in [1.807, 2.05) is 6.07 Å². The van der Waals surface area contributed by atoms with Gasteiger partial charge in [0.1, 0.15) is 5.75 Å². The van der Waals surface area contributed by atoms with E-state index in [-0.39, 0.29) is 5.97 Å². The largest absolute Gasteiger partial charge is 0.494 e. The molecule has 0 spiro atoms. The van der Waals surface area contributed by atoms with Gasteiger partial charge in [0.05, 0.1) is 19.3 Å². The normalized spacial score (nSPS) is 9.73. The second kappa shape index (κ2) is 11.7. The van der Waals surface area contributed by atoms with Crippen molar-refractivity contribution in [3.05, 3.63) is 29.8 Å². The predicted octanol–water partition coefficient (Wildman–Crippen LogP) is 4.61. The third-order valence-electron chi connectivity index (χ3n) is 3.25. The number of carbonyl (C=O) groups is 1. The van der Waals surface area contributed by atoms with E-state index in [0.717, 1.165) is 19.3 Å². The Morgan fingerprint density at radius 1 is 1.09 bits per heavy atom. The van der Waals surface area contributed by atoms with Crippen LogP contribution in [0, 0.1) is 11.8 Å². The van der Waals surface area contributed by atoms with Crippen molar-refractivity contribution in [3.63, 3.8) is 0 Å². The zero-order valence-corrected chi connectivity index (χ0v) is 13.7. The number of benzene rings is 1. The number of esters is 1. The zero-order chi connectivity index (χ0) is 16.0. The van der Waals surface area contributed by atoms with Gasteiger partial charge >= 0.3 is 5.97 Å². The molecule has 0 unspecified atom stereocenters. The van der Waals surface area contributed by atoms with Crippen molar-refractivity contribution >= 4 is 5.97 Å². The highest BCUT2D eigenvalue weighted by molar-refractivity contribution is 5.89. The van der Waals surface area contributed by atoms with Crippen molar-refractivity contribution in [2.75, 3.05) is 13.7 Å². The molecule has 0 fully saturated rings. The summed E-state index contributed by atoms with van der Waals surface area (Å²) < 4.78 is 10.3. The predicted molar refractivity (Wildman–Crippen MR) is 89.0 cm³/mol. The molecular weight excluding hydrogens is 276 g/mol. The second-order valence-electron chi connectivity index (χ2n) is 5.14. The minimum absolute atomic E-state index is 0.348. The van der Waals surface area contributed by atoms with Gasteiger partial charge in [-0.2, -0.15) is 0 Å². The van der Waals surface area contributed by atoms with E-state index in [1.165, 1.54) is 32.8 Å². The standard InChI is InChI=1S/C19H26O3/c1-3-4-5-6-7-8-9-10-11-15-22-18-14-12-13-17(16-18)19(20)21-2/h12-14,16H,3-7,10-11,15H2,1-2H3. The zero-order valence-electron chi connectivity index (χ0n) is 13.7. The lowest BCUT2D eigenvalue weighted by Crippen LogP contribution is -2.02. The average Bonchev–Trinajstić information content (AvgIpc) is 2.56. The number of ether oxygens (including phenoxy) is 2. The Morgan fingerprint density at radius 3 is 2.59 bits per heavy atom. The summed E-state index contributed by atoms with van der Waals surface area (Å²) in [5.74, 6) is 6.73. The molecule has 0 bridgehead atoms. The van der Waals surface area contributed by atoms with Gasteiger partial charge in [0.15, 0.2) is 0 Å².